The number of rotatable bonds is 5. The molecule has 0 aromatic heterocycles. The van der Waals surface area contributed by atoms with Crippen molar-refractivity contribution in [2.24, 2.45) is 0 Å². The number of fused-ring (bicyclic) bond motifs is 1. The molecule has 1 atom stereocenters. The topological polar surface area (TPSA) is 49.4 Å². The molecule has 1 heterocycles. The van der Waals surface area contributed by atoms with E-state index < -0.39 is 0 Å². The first-order valence-corrected chi connectivity index (χ1v) is 11.5. The lowest BCUT2D eigenvalue weighted by Gasteiger charge is -2.27. The molecule has 0 saturated heterocycles. The molecule has 0 aliphatic carbocycles. The molecule has 2 amide bonds. The summed E-state index contributed by atoms with van der Waals surface area (Å²) in [6.45, 7) is 4.67. The highest BCUT2D eigenvalue weighted by Gasteiger charge is 2.27. The lowest BCUT2D eigenvalue weighted by molar-refractivity contribution is -0.114. The summed E-state index contributed by atoms with van der Waals surface area (Å²) in [4.78, 5) is 29.0. The molecule has 3 aromatic rings. The summed E-state index contributed by atoms with van der Waals surface area (Å²) in [7, 11) is 1.75. The Labute approximate surface area is 193 Å². The Morgan fingerprint density at radius 2 is 1.84 bits per heavy atom. The van der Waals surface area contributed by atoms with Crippen LogP contribution in [0.3, 0.4) is 0 Å². The van der Waals surface area contributed by atoms with Gasteiger partial charge in [0.2, 0.25) is 0 Å². The minimum absolute atomic E-state index is 0.0701. The summed E-state index contributed by atoms with van der Waals surface area (Å²) in [5.41, 5.74) is 4.65. The third-order valence-electron chi connectivity index (χ3n) is 5.60. The van der Waals surface area contributed by atoms with Gasteiger partial charge < -0.3 is 10.2 Å². The van der Waals surface area contributed by atoms with Crippen molar-refractivity contribution in [3.05, 3.63) is 100.0 Å². The highest BCUT2D eigenvalue weighted by atomic mass is 32.2. The number of nitrogens with one attached hydrogen (secondary N) is 1. The van der Waals surface area contributed by atoms with Gasteiger partial charge in [-0.3, -0.25) is 9.59 Å². The zero-order chi connectivity index (χ0) is 22.7. The standard InChI is InChI=1S/C27H26N2O2S/c1-18-8-7-9-20(14-18)15-25-27(31)29(3)23-16-22(12-13-24(23)32-25)26(30)28-17-19(2)21-10-5-4-6-11-21/h4-16,19H,17H2,1-3H3,(H,28,30). The molecule has 3 aromatic carbocycles. The smallest absolute Gasteiger partial charge is 0.264 e. The lowest BCUT2D eigenvalue weighted by Crippen LogP contribution is -2.31. The molecule has 0 radical (unpaired) electrons. The molecular formula is C27H26N2O2S. The predicted molar refractivity (Wildman–Crippen MR) is 132 cm³/mol. The van der Waals surface area contributed by atoms with Crippen molar-refractivity contribution in [3.63, 3.8) is 0 Å². The first-order valence-electron chi connectivity index (χ1n) is 10.6. The molecule has 0 bridgehead atoms. The number of likely N-dealkylation sites (N-methyl/N-ethyl adjacent to an activating group) is 1. The number of aryl methyl sites for hydroxylation is 1. The summed E-state index contributed by atoms with van der Waals surface area (Å²) < 4.78 is 0. The Morgan fingerprint density at radius 1 is 1.06 bits per heavy atom. The van der Waals surface area contributed by atoms with E-state index in [1.54, 1.807) is 18.0 Å². The fourth-order valence-electron chi connectivity index (χ4n) is 3.69. The molecule has 1 N–H and O–H groups in total. The van der Waals surface area contributed by atoms with Crippen LogP contribution in [0.2, 0.25) is 0 Å². The number of benzene rings is 3. The molecule has 0 fully saturated rings. The molecule has 4 rings (SSSR count). The van der Waals surface area contributed by atoms with Crippen molar-refractivity contribution in [2.75, 3.05) is 18.5 Å². The van der Waals surface area contributed by atoms with E-state index in [9.17, 15) is 9.59 Å². The highest BCUT2D eigenvalue weighted by Crippen LogP contribution is 2.42. The normalized spacial score (nSPS) is 15.4. The van der Waals surface area contributed by atoms with Gasteiger partial charge in [0.1, 0.15) is 0 Å². The van der Waals surface area contributed by atoms with Crippen LogP contribution in [0.15, 0.2) is 82.6 Å². The molecule has 1 aliphatic heterocycles. The van der Waals surface area contributed by atoms with Gasteiger partial charge in [0.25, 0.3) is 11.8 Å². The van der Waals surface area contributed by atoms with Crippen molar-refractivity contribution in [1.82, 2.24) is 5.32 Å². The number of thioether (sulfide) groups is 1. The van der Waals surface area contributed by atoms with E-state index in [-0.39, 0.29) is 17.7 Å². The SMILES string of the molecule is Cc1cccc(C=C2Sc3ccc(C(=O)NCC(C)c4ccccc4)cc3N(C)C2=O)c1. The van der Waals surface area contributed by atoms with Crippen LogP contribution in [0.1, 0.15) is 39.9 Å². The molecule has 0 spiro atoms. The molecule has 162 valence electrons. The van der Waals surface area contributed by atoms with Gasteiger partial charge >= 0.3 is 0 Å². The number of hydrogen-bond acceptors (Lipinski definition) is 3. The molecule has 5 heteroatoms. The van der Waals surface area contributed by atoms with Crippen molar-refractivity contribution in [2.45, 2.75) is 24.7 Å². The number of amides is 2. The van der Waals surface area contributed by atoms with Crippen LogP contribution in [-0.2, 0) is 4.79 Å². The van der Waals surface area contributed by atoms with Gasteiger partial charge in [-0.2, -0.15) is 0 Å². The van der Waals surface area contributed by atoms with Gasteiger partial charge in [0, 0.05) is 24.1 Å². The van der Waals surface area contributed by atoms with E-state index in [0.29, 0.717) is 17.0 Å². The Hall–Kier alpha value is -3.31. The number of anilines is 1. The summed E-state index contributed by atoms with van der Waals surface area (Å²) in [6.07, 6.45) is 1.92. The first kappa shape index (κ1) is 21.9. The Bertz CT molecular complexity index is 1190. The van der Waals surface area contributed by atoms with Crippen LogP contribution in [0.25, 0.3) is 6.08 Å². The van der Waals surface area contributed by atoms with Gasteiger partial charge in [-0.25, -0.2) is 0 Å². The second-order valence-electron chi connectivity index (χ2n) is 8.09. The third kappa shape index (κ3) is 4.78. The Kier molecular flexibility index (Phi) is 6.47. The molecule has 1 aliphatic rings. The van der Waals surface area contributed by atoms with E-state index >= 15 is 0 Å². The maximum atomic E-state index is 13.0. The quantitative estimate of drug-likeness (QED) is 0.521. The molecule has 4 nitrogen and oxygen atoms in total. The Balaban J connectivity index is 1.50. The number of carbonyl (C=O) groups is 2. The van der Waals surface area contributed by atoms with Crippen LogP contribution in [0.5, 0.6) is 0 Å². The molecule has 0 saturated carbocycles. The number of hydrogen-bond donors (Lipinski definition) is 1. The van der Waals surface area contributed by atoms with Gasteiger partial charge in [-0.15, -0.1) is 0 Å². The van der Waals surface area contributed by atoms with E-state index in [1.807, 2.05) is 61.5 Å². The number of carbonyl (C=O) groups excluding carboxylic acids is 2. The average Bonchev–Trinajstić information content (AvgIpc) is 2.81. The summed E-state index contributed by atoms with van der Waals surface area (Å²) >= 11 is 1.44. The summed E-state index contributed by atoms with van der Waals surface area (Å²) in [5, 5.41) is 3.02. The van der Waals surface area contributed by atoms with E-state index in [2.05, 4.69) is 30.4 Å². The van der Waals surface area contributed by atoms with E-state index in [0.717, 1.165) is 21.7 Å². The maximum Gasteiger partial charge on any atom is 0.264 e. The summed E-state index contributed by atoms with van der Waals surface area (Å²) in [5.74, 6) is 0.00805. The highest BCUT2D eigenvalue weighted by molar-refractivity contribution is 8.04. The second-order valence-corrected chi connectivity index (χ2v) is 9.18. The van der Waals surface area contributed by atoms with Gasteiger partial charge in [0.05, 0.1) is 10.6 Å². The largest absolute Gasteiger partial charge is 0.351 e. The monoisotopic (exact) mass is 442 g/mol. The third-order valence-corrected chi connectivity index (χ3v) is 6.67. The molecular weight excluding hydrogens is 416 g/mol. The minimum Gasteiger partial charge on any atom is -0.351 e. The zero-order valence-corrected chi connectivity index (χ0v) is 19.3. The predicted octanol–water partition coefficient (Wildman–Crippen LogP) is 5.64. The van der Waals surface area contributed by atoms with Crippen LogP contribution in [-0.4, -0.2) is 25.4 Å². The van der Waals surface area contributed by atoms with E-state index in [4.69, 9.17) is 0 Å². The number of nitrogens with zero attached hydrogens (tertiary/aromatic N) is 1. The fourth-order valence-corrected chi connectivity index (χ4v) is 4.79. The van der Waals surface area contributed by atoms with Gasteiger partial charge in [-0.1, -0.05) is 78.8 Å². The van der Waals surface area contributed by atoms with Crippen molar-refractivity contribution >= 4 is 35.3 Å². The van der Waals surface area contributed by atoms with Crippen molar-refractivity contribution < 1.29 is 9.59 Å². The first-order chi connectivity index (χ1) is 15.4. The zero-order valence-electron chi connectivity index (χ0n) is 18.5. The van der Waals surface area contributed by atoms with Crippen LogP contribution >= 0.6 is 11.8 Å². The van der Waals surface area contributed by atoms with Crippen molar-refractivity contribution in [3.8, 4) is 0 Å². The molecule has 32 heavy (non-hydrogen) atoms. The Morgan fingerprint density at radius 3 is 2.59 bits per heavy atom. The fraction of sp³-hybridized carbons (Fsp3) is 0.185. The van der Waals surface area contributed by atoms with Crippen LogP contribution < -0.4 is 10.2 Å². The molecule has 1 unspecified atom stereocenters. The van der Waals surface area contributed by atoms with Crippen LogP contribution in [0.4, 0.5) is 5.69 Å². The lowest BCUT2D eigenvalue weighted by atomic mass is 10.0. The average molecular weight is 443 g/mol. The summed E-state index contributed by atoms with van der Waals surface area (Å²) in [6, 6.07) is 23.7. The van der Waals surface area contributed by atoms with Gasteiger partial charge in [0.15, 0.2) is 0 Å². The minimum atomic E-state index is -0.137. The van der Waals surface area contributed by atoms with E-state index in [1.165, 1.54) is 17.3 Å². The second kappa shape index (κ2) is 9.45. The van der Waals surface area contributed by atoms with Crippen LogP contribution in [0, 0.1) is 6.92 Å². The van der Waals surface area contributed by atoms with Crippen molar-refractivity contribution in [1.29, 1.82) is 0 Å². The van der Waals surface area contributed by atoms with Gasteiger partial charge in [-0.05, 0) is 48.2 Å². The maximum absolute atomic E-state index is 13.0.